The Balaban J connectivity index is 0.000000132. The molecule has 1 saturated carbocycles. The highest BCUT2D eigenvalue weighted by Crippen LogP contribution is 2.38. The molecule has 8 aromatic heterocycles. The predicted molar refractivity (Wildman–Crippen MR) is 577 cm³/mol. The number of hydrogen-bond donors (Lipinski definition) is 5. The Morgan fingerprint density at radius 3 is 0.812 bits per heavy atom. The van der Waals surface area contributed by atoms with E-state index >= 15 is 0 Å². The van der Waals surface area contributed by atoms with E-state index in [1.54, 1.807) is 18.3 Å². The zero-order valence-electron chi connectivity index (χ0n) is 85.5. The van der Waals surface area contributed by atoms with Gasteiger partial charge in [0.05, 0.1) is 26.2 Å². The number of benzene rings is 8. The van der Waals surface area contributed by atoms with E-state index in [1.165, 1.54) is 139 Å². The monoisotopic (exact) mass is 1940 g/mol. The van der Waals surface area contributed by atoms with Crippen LogP contribution in [-0.2, 0) is 80.5 Å². The van der Waals surface area contributed by atoms with Crippen LogP contribution in [0.1, 0.15) is 201 Å². The summed E-state index contributed by atoms with van der Waals surface area (Å²) in [7, 11) is 10.5. The van der Waals surface area contributed by atoms with Crippen molar-refractivity contribution in [3.05, 3.63) is 346 Å². The zero-order valence-corrected chi connectivity index (χ0v) is 85.5. The van der Waals surface area contributed by atoms with Gasteiger partial charge in [0.1, 0.15) is 44.8 Å². The van der Waals surface area contributed by atoms with Crippen LogP contribution in [0.4, 0.5) is 46.0 Å². The lowest BCUT2D eigenvalue weighted by Crippen LogP contribution is -2.38. The molecule has 0 bridgehead atoms. The lowest BCUT2D eigenvalue weighted by atomic mass is 9.95. The van der Waals surface area contributed by atoms with Crippen molar-refractivity contribution in [2.24, 2.45) is 51.9 Å². The second-order valence-electron chi connectivity index (χ2n) is 41.0. The van der Waals surface area contributed by atoms with Crippen LogP contribution in [0.2, 0.25) is 0 Å². The summed E-state index contributed by atoms with van der Waals surface area (Å²) in [5.41, 5.74) is 12.0. The molecule has 11 heterocycles. The number of para-hydroxylation sites is 4. The van der Waals surface area contributed by atoms with Gasteiger partial charge in [0.25, 0.3) is 22.2 Å². The highest BCUT2D eigenvalue weighted by atomic mass is 16.2. The summed E-state index contributed by atoms with van der Waals surface area (Å²) in [6, 6.07) is 75.1. The lowest BCUT2D eigenvalue weighted by molar-refractivity contribution is 0.187. The highest BCUT2D eigenvalue weighted by molar-refractivity contribution is 5.92. The summed E-state index contributed by atoms with van der Waals surface area (Å²) in [6.07, 6.45) is 14.9. The van der Waals surface area contributed by atoms with Gasteiger partial charge in [0.15, 0.2) is 22.6 Å². The molecule has 3 saturated heterocycles. The summed E-state index contributed by atoms with van der Waals surface area (Å²) in [5.74, 6) is 3.94. The van der Waals surface area contributed by atoms with Crippen LogP contribution in [0.25, 0.3) is 44.1 Å². The molecular formula is C113H137N23O8. The van der Waals surface area contributed by atoms with Crippen LogP contribution in [0, 0.1) is 23.7 Å². The van der Waals surface area contributed by atoms with E-state index in [1.807, 2.05) is 168 Å². The molecule has 144 heavy (non-hydrogen) atoms. The van der Waals surface area contributed by atoms with E-state index in [0.29, 0.717) is 144 Å². The Morgan fingerprint density at radius 2 is 0.549 bits per heavy atom. The van der Waals surface area contributed by atoms with E-state index in [9.17, 15) is 38.4 Å². The van der Waals surface area contributed by atoms with E-state index in [-0.39, 0.29) is 68.7 Å². The van der Waals surface area contributed by atoms with Gasteiger partial charge in [-0.1, -0.05) is 251 Å². The fraction of sp³-hybridized carbons (Fsp3) is 0.398. The minimum Gasteiger partial charge on any atom is -0.340 e. The molecule has 3 atom stereocenters. The van der Waals surface area contributed by atoms with Gasteiger partial charge >= 0.3 is 22.8 Å². The topological polar surface area (TPSA) is 314 Å². The van der Waals surface area contributed by atoms with Crippen molar-refractivity contribution in [1.29, 1.82) is 0 Å². The molecule has 1 aliphatic carbocycles. The number of aromatic nitrogens is 16. The molecule has 3 aliphatic heterocycles. The largest absolute Gasteiger partial charge is 0.340 e. The second-order valence-corrected chi connectivity index (χ2v) is 41.0. The number of likely N-dealkylation sites (tertiary alicyclic amines) is 2. The average molecular weight is 1950 g/mol. The quantitative estimate of drug-likeness (QED) is 0.0304. The Labute approximate surface area is 838 Å². The molecule has 3 unspecified atom stereocenters. The summed E-state index contributed by atoms with van der Waals surface area (Å²) in [5, 5.41) is 38.3. The van der Waals surface area contributed by atoms with E-state index < -0.39 is 0 Å². The number of nitrogens with zero attached hydrogens (tertiary/aromatic N) is 18. The first-order chi connectivity index (χ1) is 69.5. The number of rotatable bonds is 28. The smallest absolute Gasteiger partial charge is 0.332 e. The Bertz CT molecular complexity index is 7700. The van der Waals surface area contributed by atoms with Gasteiger partial charge in [-0.2, -0.15) is 20.4 Å². The summed E-state index contributed by atoms with van der Waals surface area (Å²) < 4.78 is 18.5. The Kier molecular flexibility index (Phi) is 31.5. The first-order valence-corrected chi connectivity index (χ1v) is 51.1. The van der Waals surface area contributed by atoms with Gasteiger partial charge in [-0.15, -0.1) is 0 Å². The number of hydrogen-bond acceptors (Lipinski definition) is 19. The van der Waals surface area contributed by atoms with Crippen LogP contribution in [0.15, 0.2) is 257 Å². The van der Waals surface area contributed by atoms with Gasteiger partial charge in [0, 0.05) is 95.2 Å². The molecule has 20 rings (SSSR count). The number of nitrogens with one attached hydrogen (secondary N) is 5. The van der Waals surface area contributed by atoms with Crippen molar-refractivity contribution in [2.45, 2.75) is 209 Å². The summed E-state index contributed by atoms with van der Waals surface area (Å²) in [6.45, 7) is 23.6. The number of anilines is 8. The molecule has 8 aromatic carbocycles. The van der Waals surface area contributed by atoms with Crippen molar-refractivity contribution in [2.75, 3.05) is 55.0 Å². The summed E-state index contributed by atoms with van der Waals surface area (Å²) >= 11 is 0. The molecule has 31 heteroatoms. The molecule has 0 amide bonds. The summed E-state index contributed by atoms with van der Waals surface area (Å²) in [4.78, 5) is 110. The van der Waals surface area contributed by atoms with Crippen molar-refractivity contribution >= 4 is 90.2 Å². The van der Waals surface area contributed by atoms with Gasteiger partial charge < -0.3 is 26.6 Å². The van der Waals surface area contributed by atoms with Crippen LogP contribution in [-0.4, -0.2) is 119 Å². The molecule has 31 nitrogen and oxygen atoms in total. The Hall–Kier alpha value is -14.6. The molecule has 0 radical (unpaired) electrons. The fourth-order valence-corrected chi connectivity index (χ4v) is 20.5. The predicted octanol–water partition coefficient (Wildman–Crippen LogP) is 17.8. The van der Waals surface area contributed by atoms with Gasteiger partial charge in [-0.3, -0.25) is 65.5 Å². The average Bonchev–Trinajstić information content (AvgIpc) is 1.60. The molecule has 4 fully saturated rings. The van der Waals surface area contributed by atoms with E-state index in [2.05, 4.69) is 175 Å². The molecule has 5 N–H and O–H groups in total. The zero-order chi connectivity index (χ0) is 101. The molecular weight excluding hydrogens is 1810 g/mol. The van der Waals surface area contributed by atoms with Gasteiger partial charge in [-0.25, -0.2) is 37.9 Å². The lowest BCUT2D eigenvalue weighted by Gasteiger charge is -2.32. The van der Waals surface area contributed by atoms with Crippen molar-refractivity contribution < 1.29 is 0 Å². The Morgan fingerprint density at radius 1 is 0.292 bits per heavy atom. The van der Waals surface area contributed by atoms with Crippen LogP contribution in [0.3, 0.4) is 0 Å². The van der Waals surface area contributed by atoms with Crippen LogP contribution in [0.5, 0.6) is 0 Å². The van der Waals surface area contributed by atoms with Crippen molar-refractivity contribution in [3.63, 3.8) is 0 Å². The van der Waals surface area contributed by atoms with Crippen LogP contribution < -0.4 is 71.6 Å². The normalized spacial score (nSPS) is 15.8. The molecule has 752 valence electrons. The van der Waals surface area contributed by atoms with Crippen molar-refractivity contribution in [3.8, 4) is 0 Å². The first kappa shape index (κ1) is 101. The molecule has 0 spiro atoms. The second kappa shape index (κ2) is 44.9. The van der Waals surface area contributed by atoms with Gasteiger partial charge in [0.2, 0.25) is 0 Å². The standard InChI is InChI=1S/C29H36N6O2.2C28H34N6O2.C28H33N5O2/c1-20(2)18-34-27-25(28(36)33(4)29(34)37)26(30-23-10-6-5-7-11-23)35(31-27)19-21-13-15-22(16-14-21)24-12-8-9-17-32(24)3;1-19(2)17-33-26-24(27(35)32(4)28(33)36)25(29-22-9-6-5-7-10-22)34(30-26)18-20-12-14-21(15-13-20)23-11-8-16-31(23)3;1-19(2)17-33-26-24(27(35)32(3)28(33)36)25(30-22-9-5-4-6-10-22)34(31-26)18-20-12-14-21(15-13-20)23-11-7-8-16-29-23;1-19(2)17-32-26-24(27(34)31(3)28(32)35)25(29-23-11-5-4-6-12-23)33(30-26)18-20-13-15-22(16-14-20)21-9-7-8-10-21/h5-7,10-11,13-16,20,24,30H,8-9,12,17-19H2,1-4H3;5-7,9-10,12-15,19,23,29H,8,11,16-18H2,1-4H3;4-6,9-10,12-15,19,23,29-30H,7-8,11,16-18H2,1-3H3;4-6,11-16,19,21,29H,7-10,17-18H2,1-3H3. The number of piperidine rings is 2. The van der Waals surface area contributed by atoms with Gasteiger partial charge in [-0.05, 0) is 208 Å². The van der Waals surface area contributed by atoms with E-state index in [0.717, 1.165) is 71.1 Å². The maximum Gasteiger partial charge on any atom is 0.332 e. The third kappa shape index (κ3) is 22.4. The minimum atomic E-state index is -0.349. The number of fused-ring (bicyclic) bond motifs is 4. The third-order valence-electron chi connectivity index (χ3n) is 28.1. The SMILES string of the molecule is CC(C)Cn1c(=O)n(C)c(=O)c2c(Nc3ccccc3)n(Cc3ccc(C4CCCC4)cc3)nc21.CC(C)Cn1c(=O)n(C)c(=O)c2c(Nc3ccccc3)n(Cc3ccc(C4CCCCN4)cc3)nc21.CC(C)Cn1c(=O)n(C)c(=O)c2c(Nc3ccccc3)n(Cc3ccc(C4CCCCN4C)cc3)nc21.CC(C)Cn1c(=O)n(C)c(=O)c2c(Nc3ccccc3)n(Cc3ccc(C4CCCN4C)cc3)nc21. The maximum atomic E-state index is 13.4. The molecule has 16 aromatic rings. The minimum absolute atomic E-state index is 0.222. The first-order valence-electron chi connectivity index (χ1n) is 51.1. The highest BCUT2D eigenvalue weighted by Gasteiger charge is 2.31. The van der Waals surface area contributed by atoms with Crippen LogP contribution >= 0.6 is 0 Å². The fourth-order valence-electron chi connectivity index (χ4n) is 20.5. The third-order valence-corrected chi connectivity index (χ3v) is 28.1. The maximum absolute atomic E-state index is 13.4. The van der Waals surface area contributed by atoms with Crippen molar-refractivity contribution in [1.82, 2.24) is 90.8 Å². The molecule has 4 aliphatic rings. The van der Waals surface area contributed by atoms with E-state index in [4.69, 9.17) is 20.4 Å².